The number of carbonyl (C=O) groups is 1. The van der Waals surface area contributed by atoms with E-state index in [4.69, 9.17) is 14.5 Å². The fraction of sp³-hybridized carbons (Fsp3) is 0.345. The zero-order chi connectivity index (χ0) is 26.7. The zero-order valence-corrected chi connectivity index (χ0v) is 23.3. The van der Waals surface area contributed by atoms with E-state index in [0.717, 1.165) is 71.8 Å². The van der Waals surface area contributed by atoms with Gasteiger partial charge >= 0.3 is 0 Å². The van der Waals surface area contributed by atoms with Crippen molar-refractivity contribution in [1.82, 2.24) is 20.2 Å². The number of benzene rings is 2. The van der Waals surface area contributed by atoms with Crippen LogP contribution in [0.4, 0.5) is 11.6 Å². The Morgan fingerprint density at radius 3 is 2.89 bits per heavy atom. The number of morpholine rings is 1. The van der Waals surface area contributed by atoms with Crippen LogP contribution in [0.2, 0.25) is 0 Å². The summed E-state index contributed by atoms with van der Waals surface area (Å²) in [6, 6.07) is 13.6. The molecule has 3 aromatic rings. The van der Waals surface area contributed by atoms with Gasteiger partial charge in [-0.1, -0.05) is 40.2 Å². The Balaban J connectivity index is 1.40. The second kappa shape index (κ2) is 14.2. The summed E-state index contributed by atoms with van der Waals surface area (Å²) in [5.74, 6) is 0.339. The minimum atomic E-state index is -0.114. The predicted octanol–water partition coefficient (Wildman–Crippen LogP) is 5.11. The molecule has 38 heavy (non-hydrogen) atoms. The minimum absolute atomic E-state index is 0.114. The summed E-state index contributed by atoms with van der Waals surface area (Å²) in [5.41, 5.74) is 5.13. The molecule has 0 spiro atoms. The van der Waals surface area contributed by atoms with Gasteiger partial charge in [-0.2, -0.15) is 0 Å². The molecule has 2 N–H and O–H groups in total. The van der Waals surface area contributed by atoms with Gasteiger partial charge in [0.25, 0.3) is 5.91 Å². The van der Waals surface area contributed by atoms with E-state index in [9.17, 15) is 4.79 Å². The summed E-state index contributed by atoms with van der Waals surface area (Å²) in [5, 5.41) is 6.28. The zero-order valence-electron chi connectivity index (χ0n) is 21.7. The van der Waals surface area contributed by atoms with Crippen LogP contribution in [0.15, 0.2) is 65.8 Å². The van der Waals surface area contributed by atoms with Gasteiger partial charge in [-0.25, -0.2) is 9.97 Å². The van der Waals surface area contributed by atoms with Gasteiger partial charge in [0.1, 0.15) is 0 Å². The maximum atomic E-state index is 12.8. The molecule has 0 radical (unpaired) electrons. The summed E-state index contributed by atoms with van der Waals surface area (Å²) in [6.45, 7) is 11.7. The number of hydrogen-bond donors (Lipinski definition) is 2. The van der Waals surface area contributed by atoms with E-state index in [1.54, 1.807) is 12.3 Å². The van der Waals surface area contributed by atoms with Gasteiger partial charge in [0, 0.05) is 47.1 Å². The van der Waals surface area contributed by atoms with Crippen molar-refractivity contribution in [2.24, 2.45) is 0 Å². The van der Waals surface area contributed by atoms with Crippen LogP contribution >= 0.6 is 15.9 Å². The van der Waals surface area contributed by atoms with Crippen LogP contribution < -0.4 is 10.6 Å². The Labute approximate surface area is 232 Å². The Hall–Kier alpha value is -3.11. The number of carbonyl (C=O) groups excluding carboxylic acids is 1. The molecule has 200 valence electrons. The molecule has 4 rings (SSSR count). The molecule has 0 atom stereocenters. The molecule has 1 aromatic heterocycles. The quantitative estimate of drug-likeness (QED) is 0.227. The van der Waals surface area contributed by atoms with Gasteiger partial charge < -0.3 is 20.1 Å². The normalized spacial score (nSPS) is 13.7. The third-order valence-corrected chi connectivity index (χ3v) is 6.59. The van der Waals surface area contributed by atoms with Crippen molar-refractivity contribution in [3.63, 3.8) is 0 Å². The van der Waals surface area contributed by atoms with Crippen LogP contribution in [0.3, 0.4) is 0 Å². The number of hydrogen-bond acceptors (Lipinski definition) is 7. The molecular formula is C29H34BrN5O3. The molecule has 0 saturated carbocycles. The number of aryl methyl sites for hydroxylation is 1. The van der Waals surface area contributed by atoms with Gasteiger partial charge in [0.05, 0.1) is 32.1 Å². The molecule has 1 saturated heterocycles. The molecule has 1 aliphatic rings. The first-order valence-electron chi connectivity index (χ1n) is 12.8. The van der Waals surface area contributed by atoms with Gasteiger partial charge in [0.2, 0.25) is 5.95 Å². The number of aromatic nitrogens is 2. The molecule has 1 fully saturated rings. The van der Waals surface area contributed by atoms with E-state index >= 15 is 0 Å². The molecule has 1 aliphatic heterocycles. The summed E-state index contributed by atoms with van der Waals surface area (Å²) >= 11 is 3.53. The maximum Gasteiger partial charge on any atom is 0.251 e. The molecule has 0 unspecified atom stereocenters. The number of rotatable bonds is 12. The van der Waals surface area contributed by atoms with Crippen LogP contribution in [-0.2, 0) is 16.1 Å². The van der Waals surface area contributed by atoms with Crippen molar-refractivity contribution in [3.8, 4) is 11.3 Å². The fourth-order valence-corrected chi connectivity index (χ4v) is 4.71. The topological polar surface area (TPSA) is 88.6 Å². The van der Waals surface area contributed by atoms with Gasteiger partial charge in [0.15, 0.2) is 0 Å². The molecule has 2 heterocycles. The first-order valence-corrected chi connectivity index (χ1v) is 13.6. The predicted molar refractivity (Wildman–Crippen MR) is 154 cm³/mol. The highest BCUT2D eigenvalue weighted by Gasteiger charge is 2.13. The second-order valence-electron chi connectivity index (χ2n) is 9.15. The minimum Gasteiger partial charge on any atom is -0.379 e. The van der Waals surface area contributed by atoms with Crippen LogP contribution in [0.1, 0.15) is 27.9 Å². The van der Waals surface area contributed by atoms with Crippen molar-refractivity contribution >= 4 is 33.5 Å². The van der Waals surface area contributed by atoms with Crippen LogP contribution in [-0.4, -0.2) is 66.8 Å². The lowest BCUT2D eigenvalue weighted by molar-refractivity contribution is 0.0374. The standard InChI is InChI=1S/C29H34BrN5O3/c1-3-12-38-20-22-6-4-7-23(15-22)27-21(2)19-32-29(34-27)33-26-17-24(16-25(30)18-26)28(36)31-8-5-9-35-10-13-37-14-11-35/h3-4,6-7,15-19H,1,5,8-14,20H2,2H3,(H,31,36)(H,32,33,34). The second-order valence-corrected chi connectivity index (χ2v) is 10.1. The van der Waals surface area contributed by atoms with E-state index in [2.05, 4.69) is 49.1 Å². The lowest BCUT2D eigenvalue weighted by atomic mass is 10.1. The van der Waals surface area contributed by atoms with Gasteiger partial charge in [-0.15, -0.1) is 6.58 Å². The summed E-state index contributed by atoms with van der Waals surface area (Å²) in [6.07, 6.45) is 4.43. The van der Waals surface area contributed by atoms with Crippen molar-refractivity contribution in [2.75, 3.05) is 51.3 Å². The smallest absolute Gasteiger partial charge is 0.251 e. The maximum absolute atomic E-state index is 12.8. The summed E-state index contributed by atoms with van der Waals surface area (Å²) in [4.78, 5) is 24.4. The lowest BCUT2D eigenvalue weighted by Gasteiger charge is -2.26. The van der Waals surface area contributed by atoms with Crippen LogP contribution in [0.25, 0.3) is 11.3 Å². The Kier molecular flexibility index (Phi) is 10.4. The lowest BCUT2D eigenvalue weighted by Crippen LogP contribution is -2.38. The SMILES string of the molecule is C=CCOCc1cccc(-c2nc(Nc3cc(Br)cc(C(=O)NCCCN4CCOCC4)c3)ncc2C)c1. The Morgan fingerprint density at radius 2 is 2.08 bits per heavy atom. The van der Waals surface area contributed by atoms with E-state index < -0.39 is 0 Å². The monoisotopic (exact) mass is 579 g/mol. The number of halogens is 1. The van der Waals surface area contributed by atoms with Crippen LogP contribution in [0.5, 0.6) is 0 Å². The number of nitrogens with zero attached hydrogens (tertiary/aromatic N) is 3. The van der Waals surface area contributed by atoms with E-state index in [1.807, 2.05) is 43.3 Å². The highest BCUT2D eigenvalue weighted by molar-refractivity contribution is 9.10. The first-order chi connectivity index (χ1) is 18.5. The Bertz CT molecular complexity index is 1250. The van der Waals surface area contributed by atoms with E-state index in [-0.39, 0.29) is 5.91 Å². The molecule has 1 amide bonds. The van der Waals surface area contributed by atoms with Gasteiger partial charge in [-0.05, 0) is 55.3 Å². The van der Waals surface area contributed by atoms with Gasteiger partial charge in [-0.3, -0.25) is 9.69 Å². The third kappa shape index (κ3) is 8.19. The number of anilines is 2. The third-order valence-electron chi connectivity index (χ3n) is 6.13. The number of amides is 1. The fourth-order valence-electron chi connectivity index (χ4n) is 4.22. The van der Waals surface area contributed by atoms with Crippen LogP contribution in [0, 0.1) is 6.92 Å². The first kappa shape index (κ1) is 27.9. The number of nitrogens with one attached hydrogen (secondary N) is 2. The summed E-state index contributed by atoms with van der Waals surface area (Å²) < 4.78 is 11.8. The molecule has 2 aromatic carbocycles. The van der Waals surface area contributed by atoms with E-state index in [1.165, 1.54) is 0 Å². The molecular weight excluding hydrogens is 546 g/mol. The van der Waals surface area contributed by atoms with Crippen molar-refractivity contribution in [3.05, 3.63) is 82.5 Å². The summed E-state index contributed by atoms with van der Waals surface area (Å²) in [7, 11) is 0. The highest BCUT2D eigenvalue weighted by Crippen LogP contribution is 2.26. The van der Waals surface area contributed by atoms with E-state index in [0.29, 0.717) is 31.3 Å². The largest absolute Gasteiger partial charge is 0.379 e. The molecule has 0 bridgehead atoms. The van der Waals surface area contributed by atoms with Crippen molar-refractivity contribution in [1.29, 1.82) is 0 Å². The Morgan fingerprint density at radius 1 is 1.24 bits per heavy atom. The highest BCUT2D eigenvalue weighted by atomic mass is 79.9. The molecule has 8 nitrogen and oxygen atoms in total. The molecule has 0 aliphatic carbocycles. The average molecular weight is 581 g/mol. The van der Waals surface area contributed by atoms with Crippen molar-refractivity contribution in [2.45, 2.75) is 20.0 Å². The average Bonchev–Trinajstić information content (AvgIpc) is 2.92. The molecule has 9 heteroatoms. The number of ether oxygens (including phenoxy) is 2. The van der Waals surface area contributed by atoms with Crippen molar-refractivity contribution < 1.29 is 14.3 Å².